The lowest BCUT2D eigenvalue weighted by Gasteiger charge is -2.15. The van der Waals surface area contributed by atoms with Crippen molar-refractivity contribution in [1.82, 2.24) is 5.48 Å². The van der Waals surface area contributed by atoms with Crippen LogP contribution in [0.5, 0.6) is 0 Å². The smallest absolute Gasteiger partial charge is 0.276 e. The lowest BCUT2D eigenvalue weighted by Crippen LogP contribution is -2.26. The highest BCUT2D eigenvalue weighted by atomic mass is 127. The zero-order chi connectivity index (χ0) is 20.0. The summed E-state index contributed by atoms with van der Waals surface area (Å²) in [5.41, 5.74) is 4.65. The number of aryl methyl sites for hydroxylation is 1. The van der Waals surface area contributed by atoms with Crippen molar-refractivity contribution >= 4 is 55.8 Å². The van der Waals surface area contributed by atoms with Crippen LogP contribution < -0.4 is 10.8 Å². The molecule has 0 aliphatic carbocycles. The molecule has 27 heavy (non-hydrogen) atoms. The molecule has 8 heteroatoms. The number of carbonyl (C=O) groups excluding carboxylic acids is 1. The van der Waals surface area contributed by atoms with Crippen molar-refractivity contribution in [2.75, 3.05) is 11.9 Å². The molecule has 0 fully saturated rings. The number of hydroxylamine groups is 1. The van der Waals surface area contributed by atoms with Crippen molar-refractivity contribution in [3.63, 3.8) is 0 Å². The van der Waals surface area contributed by atoms with Gasteiger partial charge in [-0.2, -0.15) is 0 Å². The van der Waals surface area contributed by atoms with E-state index in [2.05, 4.69) is 49.3 Å². The SMILES string of the molecule is CCC(O)CCONC(=O)c1cc(Br)c(F)cc1Nc1ccc(I)cc1C. The largest absolute Gasteiger partial charge is 0.393 e. The first-order valence-electron chi connectivity index (χ1n) is 8.44. The van der Waals surface area contributed by atoms with E-state index in [0.29, 0.717) is 18.5 Å². The Labute approximate surface area is 179 Å². The molecule has 5 nitrogen and oxygen atoms in total. The minimum absolute atomic E-state index is 0.180. The number of halogens is 3. The van der Waals surface area contributed by atoms with E-state index < -0.39 is 17.8 Å². The van der Waals surface area contributed by atoms with Crippen molar-refractivity contribution in [2.24, 2.45) is 0 Å². The van der Waals surface area contributed by atoms with Gasteiger partial charge in [-0.1, -0.05) is 6.92 Å². The number of anilines is 2. The summed E-state index contributed by atoms with van der Waals surface area (Å²) in [6.45, 7) is 3.98. The van der Waals surface area contributed by atoms with Gasteiger partial charge in [0.1, 0.15) is 5.82 Å². The maximum atomic E-state index is 14.0. The molecule has 0 saturated carbocycles. The second-order valence-corrected chi connectivity index (χ2v) is 8.13. The van der Waals surface area contributed by atoms with Crippen molar-refractivity contribution in [1.29, 1.82) is 0 Å². The Morgan fingerprint density at radius 1 is 1.33 bits per heavy atom. The molecule has 1 amide bonds. The predicted molar refractivity (Wildman–Crippen MR) is 116 cm³/mol. The summed E-state index contributed by atoms with van der Waals surface area (Å²) in [5.74, 6) is -0.989. The van der Waals surface area contributed by atoms with Gasteiger partial charge >= 0.3 is 0 Å². The lowest BCUT2D eigenvalue weighted by atomic mass is 10.1. The van der Waals surface area contributed by atoms with Crippen LogP contribution in [0.4, 0.5) is 15.8 Å². The number of aliphatic hydroxyl groups excluding tert-OH is 1. The zero-order valence-electron chi connectivity index (χ0n) is 15.0. The summed E-state index contributed by atoms with van der Waals surface area (Å²) in [4.78, 5) is 17.6. The van der Waals surface area contributed by atoms with Crippen LogP contribution in [0.15, 0.2) is 34.8 Å². The second-order valence-electron chi connectivity index (χ2n) is 6.03. The summed E-state index contributed by atoms with van der Waals surface area (Å²) >= 11 is 5.32. The number of benzene rings is 2. The topological polar surface area (TPSA) is 70.6 Å². The molecule has 0 aromatic heterocycles. The maximum Gasteiger partial charge on any atom is 0.276 e. The Morgan fingerprint density at radius 2 is 2.07 bits per heavy atom. The highest BCUT2D eigenvalue weighted by Crippen LogP contribution is 2.29. The first-order chi connectivity index (χ1) is 12.8. The molecule has 146 valence electrons. The number of amides is 1. The molecule has 1 unspecified atom stereocenters. The van der Waals surface area contributed by atoms with Gasteiger partial charge < -0.3 is 10.4 Å². The number of aliphatic hydroxyl groups is 1. The van der Waals surface area contributed by atoms with Gasteiger partial charge in [0, 0.05) is 9.26 Å². The molecule has 0 heterocycles. The molecule has 0 bridgehead atoms. The molecule has 0 aliphatic heterocycles. The molecule has 1 atom stereocenters. The third-order valence-corrected chi connectivity index (χ3v) is 5.23. The van der Waals surface area contributed by atoms with Gasteiger partial charge in [0.15, 0.2) is 0 Å². The number of carbonyl (C=O) groups is 1. The standard InChI is InChI=1S/C19H21BrFIN2O3/c1-3-13(25)6-7-27-24-19(26)14-9-15(20)16(21)10-18(14)23-17-5-4-12(22)8-11(17)2/h4-5,8-10,13,23,25H,3,6-7H2,1-2H3,(H,24,26). The van der Waals surface area contributed by atoms with Gasteiger partial charge in [-0.25, -0.2) is 9.87 Å². The van der Waals surface area contributed by atoms with Crippen LogP contribution in [-0.4, -0.2) is 23.7 Å². The Hall–Kier alpha value is -1.23. The summed E-state index contributed by atoms with van der Waals surface area (Å²) in [6.07, 6.45) is 0.561. The monoisotopic (exact) mass is 550 g/mol. The summed E-state index contributed by atoms with van der Waals surface area (Å²) < 4.78 is 15.3. The van der Waals surface area contributed by atoms with Crippen LogP contribution in [0.3, 0.4) is 0 Å². The van der Waals surface area contributed by atoms with E-state index in [1.54, 1.807) is 0 Å². The lowest BCUT2D eigenvalue weighted by molar-refractivity contribution is 0.0161. The molecule has 0 radical (unpaired) electrons. The molecule has 0 saturated heterocycles. The minimum Gasteiger partial charge on any atom is -0.393 e. The van der Waals surface area contributed by atoms with E-state index in [4.69, 9.17) is 4.84 Å². The van der Waals surface area contributed by atoms with Crippen molar-refractivity contribution < 1.29 is 19.1 Å². The van der Waals surface area contributed by atoms with Crippen LogP contribution in [0.1, 0.15) is 35.7 Å². The highest BCUT2D eigenvalue weighted by Gasteiger charge is 2.16. The van der Waals surface area contributed by atoms with Gasteiger partial charge in [0.25, 0.3) is 5.91 Å². The summed E-state index contributed by atoms with van der Waals surface area (Å²) in [5, 5.41) is 12.6. The third-order valence-electron chi connectivity index (χ3n) is 3.95. The number of hydrogen-bond acceptors (Lipinski definition) is 4. The van der Waals surface area contributed by atoms with E-state index in [-0.39, 0.29) is 16.6 Å². The normalized spacial score (nSPS) is 11.9. The van der Waals surface area contributed by atoms with Gasteiger partial charge in [0.2, 0.25) is 0 Å². The van der Waals surface area contributed by atoms with Crippen LogP contribution in [0, 0.1) is 16.3 Å². The molecular weight excluding hydrogens is 530 g/mol. The third kappa shape index (κ3) is 6.41. The number of rotatable bonds is 8. The molecule has 3 N–H and O–H groups in total. The fourth-order valence-electron chi connectivity index (χ4n) is 2.32. The molecule has 0 aliphatic rings. The molecular formula is C19H21BrFIN2O3. The van der Waals surface area contributed by atoms with E-state index in [0.717, 1.165) is 14.8 Å². The molecule has 2 aromatic rings. The fourth-order valence-corrected chi connectivity index (χ4v) is 3.31. The van der Waals surface area contributed by atoms with E-state index >= 15 is 0 Å². The zero-order valence-corrected chi connectivity index (χ0v) is 18.7. The van der Waals surface area contributed by atoms with Gasteiger partial charge in [-0.15, -0.1) is 0 Å². The average Bonchev–Trinajstić information content (AvgIpc) is 2.63. The highest BCUT2D eigenvalue weighted by molar-refractivity contribution is 14.1. The van der Waals surface area contributed by atoms with Crippen LogP contribution >= 0.6 is 38.5 Å². The Kier molecular flexibility index (Phi) is 8.46. The fraction of sp³-hybridized carbons (Fsp3) is 0.316. The summed E-state index contributed by atoms with van der Waals surface area (Å²) in [6, 6.07) is 8.45. The number of nitrogens with one attached hydrogen (secondary N) is 2. The Morgan fingerprint density at radius 3 is 2.74 bits per heavy atom. The quantitative estimate of drug-likeness (QED) is 0.244. The van der Waals surface area contributed by atoms with Crippen LogP contribution in [0.25, 0.3) is 0 Å². The average molecular weight is 551 g/mol. The van der Waals surface area contributed by atoms with Gasteiger partial charge in [-0.05, 0) is 94.2 Å². The first kappa shape index (κ1) is 22.1. The molecule has 2 aromatic carbocycles. The summed E-state index contributed by atoms with van der Waals surface area (Å²) in [7, 11) is 0. The molecule has 2 rings (SSSR count). The number of hydrogen-bond donors (Lipinski definition) is 3. The first-order valence-corrected chi connectivity index (χ1v) is 10.3. The van der Waals surface area contributed by atoms with Crippen LogP contribution in [0.2, 0.25) is 0 Å². The maximum absolute atomic E-state index is 14.0. The van der Waals surface area contributed by atoms with Crippen molar-refractivity contribution in [3.8, 4) is 0 Å². The Balaban J connectivity index is 2.17. The van der Waals surface area contributed by atoms with E-state index in [1.807, 2.05) is 32.0 Å². The van der Waals surface area contributed by atoms with E-state index in [1.165, 1.54) is 12.1 Å². The van der Waals surface area contributed by atoms with Gasteiger partial charge in [0.05, 0.1) is 28.4 Å². The minimum atomic E-state index is -0.507. The van der Waals surface area contributed by atoms with Gasteiger partial charge in [-0.3, -0.25) is 9.63 Å². The van der Waals surface area contributed by atoms with Crippen molar-refractivity contribution in [3.05, 3.63) is 55.3 Å². The van der Waals surface area contributed by atoms with E-state index in [9.17, 15) is 14.3 Å². The second kappa shape index (κ2) is 10.4. The molecule has 0 spiro atoms. The van der Waals surface area contributed by atoms with Crippen LogP contribution in [-0.2, 0) is 4.84 Å². The van der Waals surface area contributed by atoms with Crippen molar-refractivity contribution in [2.45, 2.75) is 32.8 Å². The predicted octanol–water partition coefficient (Wildman–Crippen LogP) is 5.07. The Bertz CT molecular complexity index is 820.